The zero-order valence-corrected chi connectivity index (χ0v) is 11.0. The van der Waals surface area contributed by atoms with E-state index in [0.29, 0.717) is 6.54 Å². The Labute approximate surface area is 103 Å². The average molecular weight is 237 g/mol. The van der Waals surface area contributed by atoms with Gasteiger partial charge in [-0.3, -0.25) is 0 Å². The summed E-state index contributed by atoms with van der Waals surface area (Å²) in [5.41, 5.74) is 1.16. The highest BCUT2D eigenvalue weighted by Gasteiger charge is 2.22. The summed E-state index contributed by atoms with van der Waals surface area (Å²) in [6.07, 6.45) is 3.26. The van der Waals surface area contributed by atoms with E-state index in [9.17, 15) is 10.2 Å². The van der Waals surface area contributed by atoms with Crippen LogP contribution in [0.3, 0.4) is 0 Å². The lowest BCUT2D eigenvalue weighted by Crippen LogP contribution is -2.43. The van der Waals surface area contributed by atoms with Gasteiger partial charge in [0.05, 0.1) is 0 Å². The van der Waals surface area contributed by atoms with Gasteiger partial charge in [0.1, 0.15) is 0 Å². The van der Waals surface area contributed by atoms with Gasteiger partial charge in [0, 0.05) is 12.1 Å². The summed E-state index contributed by atoms with van der Waals surface area (Å²) in [5, 5.41) is 22.2. The Hall–Kier alpha value is -1.22. The Bertz CT molecular complexity index is 351. The molecule has 96 valence electrons. The van der Waals surface area contributed by atoms with E-state index >= 15 is 0 Å². The third kappa shape index (κ3) is 3.37. The molecule has 1 aromatic rings. The molecule has 3 N–H and O–H groups in total. The van der Waals surface area contributed by atoms with Crippen molar-refractivity contribution in [1.29, 1.82) is 0 Å². The molecule has 0 unspecified atom stereocenters. The summed E-state index contributed by atoms with van der Waals surface area (Å²) in [7, 11) is 0. The second kappa shape index (κ2) is 5.92. The third-order valence-electron chi connectivity index (χ3n) is 3.74. The molecule has 0 bridgehead atoms. The van der Waals surface area contributed by atoms with Gasteiger partial charge in [-0.1, -0.05) is 26.8 Å². The van der Waals surface area contributed by atoms with Crippen LogP contribution in [-0.4, -0.2) is 15.8 Å². The Morgan fingerprint density at radius 2 is 1.59 bits per heavy atom. The minimum Gasteiger partial charge on any atom is -0.504 e. The van der Waals surface area contributed by atoms with Crippen molar-refractivity contribution in [1.82, 2.24) is 5.32 Å². The maximum atomic E-state index is 9.42. The fraction of sp³-hybridized carbons (Fsp3) is 0.571. The van der Waals surface area contributed by atoms with Gasteiger partial charge in [0.2, 0.25) is 0 Å². The molecule has 17 heavy (non-hydrogen) atoms. The highest BCUT2D eigenvalue weighted by Crippen LogP contribution is 2.26. The predicted octanol–water partition coefficient (Wildman–Crippen LogP) is 3.16. The Morgan fingerprint density at radius 1 is 1.00 bits per heavy atom. The number of phenolic OH excluding ortho intramolecular Hbond substituents is 2. The zero-order chi connectivity index (χ0) is 12.9. The van der Waals surface area contributed by atoms with Crippen molar-refractivity contribution >= 4 is 0 Å². The van der Waals surface area contributed by atoms with Gasteiger partial charge in [0.25, 0.3) is 0 Å². The van der Waals surface area contributed by atoms with E-state index in [-0.39, 0.29) is 17.0 Å². The molecule has 0 amide bonds. The topological polar surface area (TPSA) is 52.5 Å². The van der Waals surface area contributed by atoms with Crippen molar-refractivity contribution in [2.45, 2.75) is 52.1 Å². The molecule has 0 fully saturated rings. The van der Waals surface area contributed by atoms with Gasteiger partial charge in [0.15, 0.2) is 11.5 Å². The van der Waals surface area contributed by atoms with Crippen LogP contribution in [0.5, 0.6) is 11.5 Å². The number of phenols is 2. The standard InChI is InChI=1S/C14H23NO2/c1-4-14(5-2,6-3)15-10-11-7-8-12(16)13(17)9-11/h7-9,15-17H,4-6,10H2,1-3H3. The van der Waals surface area contributed by atoms with Crippen LogP contribution in [0.25, 0.3) is 0 Å². The second-order valence-electron chi connectivity index (χ2n) is 4.52. The highest BCUT2D eigenvalue weighted by molar-refractivity contribution is 5.40. The van der Waals surface area contributed by atoms with Crippen molar-refractivity contribution in [2.75, 3.05) is 0 Å². The fourth-order valence-electron chi connectivity index (χ4n) is 2.09. The molecule has 1 rings (SSSR count). The summed E-state index contributed by atoms with van der Waals surface area (Å²) in [4.78, 5) is 0. The number of aromatic hydroxyl groups is 2. The lowest BCUT2D eigenvalue weighted by molar-refractivity contribution is 0.288. The van der Waals surface area contributed by atoms with Crippen molar-refractivity contribution in [3.05, 3.63) is 23.8 Å². The molecule has 3 heteroatoms. The molecule has 3 nitrogen and oxygen atoms in total. The minimum atomic E-state index is -0.0681. The monoisotopic (exact) mass is 237 g/mol. The first-order chi connectivity index (χ1) is 8.06. The van der Waals surface area contributed by atoms with Crippen LogP contribution in [0, 0.1) is 0 Å². The molecular weight excluding hydrogens is 214 g/mol. The van der Waals surface area contributed by atoms with Gasteiger partial charge in [-0.15, -0.1) is 0 Å². The lowest BCUT2D eigenvalue weighted by Gasteiger charge is -2.32. The predicted molar refractivity (Wildman–Crippen MR) is 70.2 cm³/mol. The first-order valence-corrected chi connectivity index (χ1v) is 6.32. The van der Waals surface area contributed by atoms with Crippen LogP contribution in [-0.2, 0) is 6.54 Å². The molecular formula is C14H23NO2. The number of hydrogen-bond donors (Lipinski definition) is 3. The molecule has 0 aliphatic rings. The van der Waals surface area contributed by atoms with Gasteiger partial charge in [-0.05, 0) is 37.0 Å². The summed E-state index contributed by atoms with van der Waals surface area (Å²) in [6.45, 7) is 7.28. The summed E-state index contributed by atoms with van der Waals surface area (Å²) in [5.74, 6) is -0.124. The van der Waals surface area contributed by atoms with E-state index in [1.54, 1.807) is 6.07 Å². The highest BCUT2D eigenvalue weighted by atomic mass is 16.3. The number of rotatable bonds is 6. The van der Waals surface area contributed by atoms with E-state index in [4.69, 9.17) is 0 Å². The Balaban J connectivity index is 2.68. The summed E-state index contributed by atoms with van der Waals surface area (Å²) < 4.78 is 0. The van der Waals surface area contributed by atoms with E-state index in [2.05, 4.69) is 26.1 Å². The molecule has 0 radical (unpaired) electrons. The average Bonchev–Trinajstić information content (AvgIpc) is 2.36. The maximum Gasteiger partial charge on any atom is 0.157 e. The van der Waals surface area contributed by atoms with Crippen molar-refractivity contribution in [2.24, 2.45) is 0 Å². The van der Waals surface area contributed by atoms with Crippen LogP contribution >= 0.6 is 0 Å². The first kappa shape index (κ1) is 13.8. The molecule has 0 atom stereocenters. The van der Waals surface area contributed by atoms with Gasteiger partial charge < -0.3 is 15.5 Å². The van der Waals surface area contributed by atoms with Gasteiger partial charge in [-0.2, -0.15) is 0 Å². The molecule has 0 spiro atoms. The molecule has 0 aromatic heterocycles. The van der Waals surface area contributed by atoms with Crippen LogP contribution in [0.2, 0.25) is 0 Å². The van der Waals surface area contributed by atoms with E-state index in [1.165, 1.54) is 6.07 Å². The van der Waals surface area contributed by atoms with E-state index in [0.717, 1.165) is 24.8 Å². The number of benzene rings is 1. The maximum absolute atomic E-state index is 9.42. The van der Waals surface area contributed by atoms with Crippen molar-refractivity contribution < 1.29 is 10.2 Å². The van der Waals surface area contributed by atoms with E-state index < -0.39 is 0 Å². The molecule has 0 saturated carbocycles. The normalized spacial score (nSPS) is 11.7. The zero-order valence-electron chi connectivity index (χ0n) is 11.0. The summed E-state index contributed by atoms with van der Waals surface area (Å²) >= 11 is 0. The molecule has 0 heterocycles. The lowest BCUT2D eigenvalue weighted by atomic mass is 9.89. The van der Waals surface area contributed by atoms with E-state index in [1.807, 2.05) is 6.07 Å². The van der Waals surface area contributed by atoms with Crippen LogP contribution in [0.15, 0.2) is 18.2 Å². The molecule has 0 aliphatic heterocycles. The van der Waals surface area contributed by atoms with Crippen LogP contribution in [0.1, 0.15) is 45.6 Å². The Morgan fingerprint density at radius 3 is 2.06 bits per heavy atom. The smallest absolute Gasteiger partial charge is 0.157 e. The summed E-state index contributed by atoms with van der Waals surface area (Å²) in [6, 6.07) is 4.96. The SMILES string of the molecule is CCC(CC)(CC)NCc1ccc(O)c(O)c1. The molecule has 0 aliphatic carbocycles. The van der Waals surface area contributed by atoms with Crippen molar-refractivity contribution in [3.8, 4) is 11.5 Å². The van der Waals surface area contributed by atoms with Gasteiger partial charge in [-0.25, -0.2) is 0 Å². The number of hydrogen-bond acceptors (Lipinski definition) is 3. The second-order valence-corrected chi connectivity index (χ2v) is 4.52. The van der Waals surface area contributed by atoms with Crippen LogP contribution < -0.4 is 5.32 Å². The fourth-order valence-corrected chi connectivity index (χ4v) is 2.09. The first-order valence-electron chi connectivity index (χ1n) is 6.32. The quantitative estimate of drug-likeness (QED) is 0.666. The third-order valence-corrected chi connectivity index (χ3v) is 3.74. The molecule has 1 aromatic carbocycles. The van der Waals surface area contributed by atoms with Gasteiger partial charge >= 0.3 is 0 Å². The van der Waals surface area contributed by atoms with Crippen molar-refractivity contribution in [3.63, 3.8) is 0 Å². The molecule has 0 saturated heterocycles. The Kier molecular flexibility index (Phi) is 4.82. The largest absolute Gasteiger partial charge is 0.504 e. The minimum absolute atomic E-state index is 0.0561. The number of nitrogens with one attached hydrogen (secondary N) is 1. The van der Waals surface area contributed by atoms with Crippen LogP contribution in [0.4, 0.5) is 0 Å².